The third-order valence-electron chi connectivity index (χ3n) is 5.63. The summed E-state index contributed by atoms with van der Waals surface area (Å²) in [6.07, 6.45) is 0. The minimum absolute atomic E-state index is 0.288. The second-order valence-electron chi connectivity index (χ2n) is 7.65. The van der Waals surface area contributed by atoms with E-state index in [9.17, 15) is 9.90 Å². The van der Waals surface area contributed by atoms with Crippen molar-refractivity contribution in [3.05, 3.63) is 101 Å². The van der Waals surface area contributed by atoms with E-state index in [0.717, 1.165) is 16.6 Å². The van der Waals surface area contributed by atoms with Crippen molar-refractivity contribution in [2.24, 2.45) is 5.73 Å². The summed E-state index contributed by atoms with van der Waals surface area (Å²) in [4.78, 5) is 16.7. The molecule has 3 N–H and O–H groups in total. The van der Waals surface area contributed by atoms with E-state index in [-0.39, 0.29) is 5.89 Å². The molecule has 0 fully saturated rings. The number of hydrogen-bond acceptors (Lipinski definition) is 5. The lowest BCUT2D eigenvalue weighted by molar-refractivity contribution is -0.133. The van der Waals surface area contributed by atoms with Crippen molar-refractivity contribution in [2.75, 3.05) is 0 Å². The molecule has 0 saturated carbocycles. The third-order valence-corrected chi connectivity index (χ3v) is 6.02. The molecule has 2 aromatic heterocycles. The number of carbonyl (C=O) groups is 1. The van der Waals surface area contributed by atoms with Crippen LogP contribution in [0.1, 0.15) is 17.0 Å². The van der Waals surface area contributed by atoms with Gasteiger partial charge >= 0.3 is 0 Å². The molecule has 7 nitrogen and oxygen atoms in total. The monoisotopic (exact) mass is 458 g/mol. The molecule has 1 amide bonds. The number of amides is 1. The normalized spacial score (nSPS) is 13.2. The number of para-hydroxylation sites is 1. The van der Waals surface area contributed by atoms with Crippen LogP contribution >= 0.6 is 11.6 Å². The van der Waals surface area contributed by atoms with Gasteiger partial charge in [0.05, 0.1) is 10.5 Å². The zero-order valence-corrected chi connectivity index (χ0v) is 18.3. The number of halogens is 1. The molecule has 0 aliphatic rings. The number of aliphatic hydroxyl groups is 1. The number of aromatic nitrogens is 3. The Balaban J connectivity index is 1.69. The number of aryl methyl sites for hydroxylation is 1. The average Bonchev–Trinajstić information content (AvgIpc) is 3.40. The van der Waals surface area contributed by atoms with E-state index >= 15 is 0 Å². The Morgan fingerprint density at radius 3 is 2.27 bits per heavy atom. The van der Waals surface area contributed by atoms with Crippen LogP contribution in [-0.4, -0.2) is 25.7 Å². The van der Waals surface area contributed by atoms with Crippen molar-refractivity contribution in [1.29, 1.82) is 0 Å². The van der Waals surface area contributed by atoms with Gasteiger partial charge in [-0.3, -0.25) is 4.79 Å². The van der Waals surface area contributed by atoms with Gasteiger partial charge in [-0.1, -0.05) is 77.4 Å². The Bertz CT molecular complexity index is 1480. The van der Waals surface area contributed by atoms with Crippen LogP contribution in [0.15, 0.2) is 83.4 Å². The highest BCUT2D eigenvalue weighted by Gasteiger charge is 2.38. The molecule has 0 spiro atoms. The lowest BCUT2D eigenvalue weighted by Crippen LogP contribution is -2.42. The maximum atomic E-state index is 12.3. The van der Waals surface area contributed by atoms with Gasteiger partial charge in [0, 0.05) is 11.1 Å². The van der Waals surface area contributed by atoms with Gasteiger partial charge in [0.1, 0.15) is 5.69 Å². The van der Waals surface area contributed by atoms with Crippen molar-refractivity contribution in [1.82, 2.24) is 14.7 Å². The lowest BCUT2D eigenvalue weighted by Gasteiger charge is -2.26. The molecule has 164 valence electrons. The fraction of sp³-hybridized carbons (Fsp3) is 0.0800. The summed E-state index contributed by atoms with van der Waals surface area (Å²) < 4.78 is 7.33. The average molecular weight is 459 g/mol. The van der Waals surface area contributed by atoms with Crippen LogP contribution in [0.25, 0.3) is 28.2 Å². The molecule has 2 heterocycles. The van der Waals surface area contributed by atoms with E-state index in [4.69, 9.17) is 21.9 Å². The van der Waals surface area contributed by atoms with Gasteiger partial charge < -0.3 is 19.9 Å². The molecule has 8 heteroatoms. The van der Waals surface area contributed by atoms with Crippen LogP contribution in [0.3, 0.4) is 0 Å². The topological polar surface area (TPSA) is 107 Å². The molecule has 3 aromatic carbocycles. The highest BCUT2D eigenvalue weighted by molar-refractivity contribution is 6.38. The van der Waals surface area contributed by atoms with Crippen LogP contribution in [-0.2, 0) is 10.4 Å². The molecular weight excluding hydrogens is 440 g/mol. The first-order chi connectivity index (χ1) is 15.9. The van der Waals surface area contributed by atoms with Gasteiger partial charge in [-0.2, -0.15) is 4.98 Å². The molecule has 33 heavy (non-hydrogen) atoms. The fourth-order valence-electron chi connectivity index (χ4n) is 4.03. The highest BCUT2D eigenvalue weighted by Crippen LogP contribution is 2.39. The summed E-state index contributed by atoms with van der Waals surface area (Å²) in [6, 6.07) is 23.2. The first-order valence-corrected chi connectivity index (χ1v) is 10.6. The molecule has 0 aliphatic heterocycles. The minimum Gasteiger partial charge on any atom is -0.372 e. The summed E-state index contributed by atoms with van der Waals surface area (Å²) >= 11 is 6.73. The maximum absolute atomic E-state index is 12.3. The SMILES string of the molecule is Cc1noc(-c2c(Cl)c3ccccc3n2-c2ccc(C(O)(C(N)=O)c3ccccc3)cc2)n1. The predicted octanol–water partition coefficient (Wildman–Crippen LogP) is 4.36. The Hall–Kier alpha value is -3.94. The minimum atomic E-state index is -1.97. The zero-order chi connectivity index (χ0) is 23.2. The van der Waals surface area contributed by atoms with E-state index in [1.165, 1.54) is 0 Å². The van der Waals surface area contributed by atoms with Crippen LogP contribution in [0.4, 0.5) is 0 Å². The van der Waals surface area contributed by atoms with Crippen LogP contribution in [0, 0.1) is 6.92 Å². The number of hydrogen-bond donors (Lipinski definition) is 2. The van der Waals surface area contributed by atoms with E-state index in [2.05, 4.69) is 10.1 Å². The van der Waals surface area contributed by atoms with Crippen molar-refractivity contribution < 1.29 is 14.4 Å². The number of benzene rings is 3. The number of primary amides is 1. The Kier molecular flexibility index (Phi) is 5.00. The first kappa shape index (κ1) is 20.9. The summed E-state index contributed by atoms with van der Waals surface area (Å²) in [5.41, 5.74) is 6.52. The summed E-state index contributed by atoms with van der Waals surface area (Å²) in [5, 5.41) is 16.5. The summed E-state index contributed by atoms with van der Waals surface area (Å²) in [5.74, 6) is -0.0868. The van der Waals surface area contributed by atoms with Gasteiger partial charge in [-0.15, -0.1) is 0 Å². The van der Waals surface area contributed by atoms with E-state index < -0.39 is 11.5 Å². The molecule has 0 saturated heterocycles. The maximum Gasteiger partial charge on any atom is 0.276 e. The number of carbonyl (C=O) groups excluding carboxylic acids is 1. The second kappa shape index (κ2) is 7.88. The van der Waals surface area contributed by atoms with Gasteiger partial charge in [0.25, 0.3) is 11.8 Å². The molecule has 0 radical (unpaired) electrons. The van der Waals surface area contributed by atoms with Crippen molar-refractivity contribution >= 4 is 28.4 Å². The van der Waals surface area contributed by atoms with Crippen LogP contribution in [0.5, 0.6) is 0 Å². The van der Waals surface area contributed by atoms with Crippen molar-refractivity contribution in [3.8, 4) is 17.3 Å². The van der Waals surface area contributed by atoms with Gasteiger partial charge in [0.15, 0.2) is 11.4 Å². The second-order valence-corrected chi connectivity index (χ2v) is 8.03. The number of rotatable bonds is 5. The highest BCUT2D eigenvalue weighted by atomic mass is 35.5. The Morgan fingerprint density at radius 2 is 1.64 bits per heavy atom. The molecular formula is C25H19ClN4O3. The van der Waals surface area contributed by atoms with E-state index in [1.807, 2.05) is 28.8 Å². The van der Waals surface area contributed by atoms with E-state index in [0.29, 0.717) is 27.7 Å². The molecule has 1 unspecified atom stereocenters. The molecule has 1 atom stereocenters. The standard InChI is InChI=1S/C25H19ClN4O3/c1-15-28-23(33-29-15)22-21(26)19-9-5-6-10-20(19)30(22)18-13-11-17(12-14-18)25(32,24(27)31)16-7-3-2-4-8-16/h2-14,32H,1H3,(H2,27,31). The Morgan fingerprint density at radius 1 is 1.00 bits per heavy atom. The van der Waals surface area contributed by atoms with Crippen molar-refractivity contribution in [3.63, 3.8) is 0 Å². The smallest absolute Gasteiger partial charge is 0.276 e. The summed E-state index contributed by atoms with van der Waals surface area (Å²) in [6.45, 7) is 1.73. The van der Waals surface area contributed by atoms with Crippen molar-refractivity contribution in [2.45, 2.75) is 12.5 Å². The van der Waals surface area contributed by atoms with Gasteiger partial charge in [-0.25, -0.2) is 0 Å². The lowest BCUT2D eigenvalue weighted by atomic mass is 9.85. The first-order valence-electron chi connectivity index (χ1n) is 10.2. The number of fused-ring (bicyclic) bond motifs is 1. The van der Waals surface area contributed by atoms with Gasteiger partial charge in [-0.05, 0) is 36.2 Å². The Labute approximate surface area is 194 Å². The number of nitrogens with two attached hydrogens (primary N) is 1. The fourth-order valence-corrected chi connectivity index (χ4v) is 4.36. The number of nitrogens with zero attached hydrogens (tertiary/aromatic N) is 3. The van der Waals surface area contributed by atoms with Crippen LogP contribution < -0.4 is 5.73 Å². The quantitative estimate of drug-likeness (QED) is 0.407. The molecule has 0 bridgehead atoms. The predicted molar refractivity (Wildman–Crippen MR) is 125 cm³/mol. The molecule has 5 aromatic rings. The zero-order valence-electron chi connectivity index (χ0n) is 17.6. The van der Waals surface area contributed by atoms with Gasteiger partial charge in [0.2, 0.25) is 0 Å². The van der Waals surface area contributed by atoms with Crippen LogP contribution in [0.2, 0.25) is 5.02 Å². The summed E-state index contributed by atoms with van der Waals surface area (Å²) in [7, 11) is 0. The molecule has 5 rings (SSSR count). The van der Waals surface area contributed by atoms with E-state index in [1.54, 1.807) is 61.5 Å². The largest absolute Gasteiger partial charge is 0.372 e. The molecule has 0 aliphatic carbocycles. The third kappa shape index (κ3) is 3.29.